The van der Waals surface area contributed by atoms with E-state index in [2.05, 4.69) is 74.5 Å². The number of hydrogen-bond acceptors (Lipinski definition) is 11. The van der Waals surface area contributed by atoms with Gasteiger partial charge in [0.1, 0.15) is 5.82 Å². The van der Waals surface area contributed by atoms with E-state index in [9.17, 15) is 19.1 Å². The molecule has 56 heavy (non-hydrogen) atoms. The molecule has 4 heterocycles. The van der Waals surface area contributed by atoms with E-state index in [1.807, 2.05) is 34.1 Å². The van der Waals surface area contributed by atoms with Crippen molar-refractivity contribution in [1.82, 2.24) is 36.1 Å². The summed E-state index contributed by atoms with van der Waals surface area (Å²) in [5, 5.41) is 35.6. The van der Waals surface area contributed by atoms with Gasteiger partial charge in [-0.15, -0.1) is 0 Å². The summed E-state index contributed by atoms with van der Waals surface area (Å²) < 4.78 is 13.5. The van der Waals surface area contributed by atoms with Crippen molar-refractivity contribution in [3.8, 4) is 22.6 Å². The van der Waals surface area contributed by atoms with Gasteiger partial charge in [0.05, 0.1) is 29.3 Å². The molecule has 0 bridgehead atoms. The zero-order valence-electron chi connectivity index (χ0n) is 30.7. The number of rotatable bonds is 10. The predicted octanol–water partition coefficient (Wildman–Crippen LogP) is 4.97. The zero-order chi connectivity index (χ0) is 38.8. The highest BCUT2D eigenvalue weighted by molar-refractivity contribution is 6.00. The number of amides is 2. The molecular weight excluding hydrogens is 724 g/mol. The van der Waals surface area contributed by atoms with Crippen molar-refractivity contribution in [3.63, 3.8) is 0 Å². The molecule has 0 spiro atoms. The van der Waals surface area contributed by atoms with Gasteiger partial charge in [0.25, 0.3) is 0 Å². The molecule has 2 aliphatic rings. The van der Waals surface area contributed by atoms with Crippen LogP contribution in [0, 0.1) is 16.8 Å². The maximum Gasteiger partial charge on any atom is 0.236 e. The van der Waals surface area contributed by atoms with Crippen molar-refractivity contribution in [2.45, 2.75) is 19.4 Å². The Kier molecular flexibility index (Phi) is 13.5. The number of nitrogens with one attached hydrogen (secondary N) is 3. The van der Waals surface area contributed by atoms with E-state index in [0.717, 1.165) is 40.8 Å². The largest absolute Gasteiger partial charge is 0.392 e. The van der Waals surface area contributed by atoms with Crippen LogP contribution >= 0.6 is 0 Å². The highest BCUT2D eigenvalue weighted by Crippen LogP contribution is 2.36. The van der Waals surface area contributed by atoms with E-state index in [-0.39, 0.29) is 36.9 Å². The van der Waals surface area contributed by atoms with Gasteiger partial charge in [-0.05, 0) is 114 Å². The summed E-state index contributed by atoms with van der Waals surface area (Å²) >= 11 is 0. The Morgan fingerprint density at radius 1 is 0.982 bits per heavy atom. The summed E-state index contributed by atoms with van der Waals surface area (Å²) in [6, 6.07) is 21.5. The van der Waals surface area contributed by atoms with Gasteiger partial charge in [-0.3, -0.25) is 19.6 Å². The number of aliphatic hydroxyl groups excluding tert-OH is 1. The van der Waals surface area contributed by atoms with Crippen LogP contribution in [-0.4, -0.2) is 98.8 Å². The lowest BCUT2D eigenvalue weighted by atomic mass is 9.80. The number of likely N-dealkylation sites (tertiary alicyclic amines) is 1. The molecule has 0 saturated carbocycles. The second-order valence-electron chi connectivity index (χ2n) is 13.1. The average Bonchev–Trinajstić information content (AvgIpc) is 3.84. The van der Waals surface area contributed by atoms with E-state index in [4.69, 9.17) is 5.53 Å². The minimum absolute atomic E-state index is 0. The van der Waals surface area contributed by atoms with Crippen LogP contribution in [0.3, 0.4) is 0 Å². The molecular formula is C36H43FN16O3. The maximum absolute atomic E-state index is 13.8. The van der Waals surface area contributed by atoms with Gasteiger partial charge in [0.15, 0.2) is 5.82 Å². The molecule has 2 aromatic heterocycles. The number of benzene rings is 3. The Hall–Kier alpha value is -6.64. The Balaban J connectivity index is 0.000000687. The monoisotopic (exact) mass is 766 g/mol. The zero-order valence-corrected chi connectivity index (χ0v) is 30.7. The van der Waals surface area contributed by atoms with Crippen LogP contribution < -0.4 is 22.2 Å². The van der Waals surface area contributed by atoms with Crippen molar-refractivity contribution < 1.29 is 19.1 Å². The third kappa shape index (κ3) is 9.35. The minimum Gasteiger partial charge on any atom is -0.392 e. The quantitative estimate of drug-likeness (QED) is 0.0630. The summed E-state index contributed by atoms with van der Waals surface area (Å²) in [4.78, 5) is 41.9. The van der Waals surface area contributed by atoms with E-state index < -0.39 is 11.5 Å². The second kappa shape index (κ2) is 18.6. The molecule has 292 valence electrons. The van der Waals surface area contributed by atoms with Crippen LogP contribution in [0.4, 0.5) is 15.8 Å². The number of aromatic nitrogens is 4. The number of nitrogens with zero attached hydrogens (tertiary/aromatic N) is 11. The van der Waals surface area contributed by atoms with E-state index in [1.165, 1.54) is 12.1 Å². The number of carbonyl (C=O) groups is 2. The summed E-state index contributed by atoms with van der Waals surface area (Å²) in [7, 11) is 0. The fourth-order valence-electron chi connectivity index (χ4n) is 6.78. The number of nitrogens with two attached hydrogens (primary N) is 1. The molecule has 5 aromatic rings. The van der Waals surface area contributed by atoms with Crippen molar-refractivity contribution in [2.75, 3.05) is 56.0 Å². The van der Waals surface area contributed by atoms with E-state index in [0.29, 0.717) is 43.3 Å². The number of aromatic amines is 1. The molecule has 0 radical (unpaired) electrons. The van der Waals surface area contributed by atoms with E-state index in [1.54, 1.807) is 43.6 Å². The molecule has 2 amide bonds. The maximum atomic E-state index is 13.8. The number of carbonyl (C=O) groups excluding carboxylic acids is 2. The average molecular weight is 767 g/mol. The highest BCUT2D eigenvalue weighted by atomic mass is 19.1. The Morgan fingerprint density at radius 2 is 1.68 bits per heavy atom. The first kappa shape index (κ1) is 40.5. The molecule has 19 nitrogen and oxygen atoms in total. The molecule has 2 unspecified atom stereocenters. The lowest BCUT2D eigenvalue weighted by molar-refractivity contribution is -0.134. The minimum atomic E-state index is -1.07. The summed E-state index contributed by atoms with van der Waals surface area (Å²) in [5.41, 5.74) is 9.71. The Bertz CT molecular complexity index is 2140. The van der Waals surface area contributed by atoms with Crippen molar-refractivity contribution in [2.24, 2.45) is 37.4 Å². The molecule has 3 aromatic carbocycles. The molecule has 2 saturated heterocycles. The molecule has 7 rings (SSSR count). The smallest absolute Gasteiger partial charge is 0.236 e. The van der Waals surface area contributed by atoms with E-state index >= 15 is 0 Å². The normalized spacial score (nSPS) is 17.7. The predicted molar refractivity (Wildman–Crippen MR) is 206 cm³/mol. The van der Waals surface area contributed by atoms with Crippen LogP contribution in [0.25, 0.3) is 33.5 Å². The van der Waals surface area contributed by atoms with Crippen LogP contribution in [0.5, 0.6) is 0 Å². The molecule has 9 N–H and O–H groups in total. The van der Waals surface area contributed by atoms with Gasteiger partial charge < -0.3 is 32.2 Å². The molecule has 2 atom stereocenters. The first-order chi connectivity index (χ1) is 26.7. The standard InChI is InChI=1S/C36H37FN8O3.H3N7.H3N/c1-24(46)36(35(48)40-28-9-12-31-30(21-28)33(42-41-31)25-3-7-27(37)8-4-25)13-16-43(23-36)22-32(47)45-19-17-44(18-20-45)29-10-5-26(6-11-29)34-38-14-2-15-39-34;1-3-5-7-6-4-2;/h2-12,14-15,21,24,46H,13,16-20,22-23H2,1H3,(H,40,48)(H,41,42);(H3,1,2,5,6);1H3. The summed E-state index contributed by atoms with van der Waals surface area (Å²) in [5.74, 6) is 4.55. The summed E-state index contributed by atoms with van der Waals surface area (Å²) in [6.07, 6.45) is 2.96. The lowest BCUT2D eigenvalue weighted by Gasteiger charge is -2.37. The van der Waals surface area contributed by atoms with Crippen molar-refractivity contribution >= 4 is 34.1 Å². The highest BCUT2D eigenvalue weighted by Gasteiger charge is 2.49. The van der Waals surface area contributed by atoms with Gasteiger partial charge in [-0.25, -0.2) is 14.4 Å². The number of anilines is 2. The van der Waals surface area contributed by atoms with Gasteiger partial charge >= 0.3 is 0 Å². The summed E-state index contributed by atoms with van der Waals surface area (Å²) in [6.45, 7) is 5.27. The van der Waals surface area contributed by atoms with Gasteiger partial charge in [0, 0.05) is 73.0 Å². The fourth-order valence-corrected chi connectivity index (χ4v) is 6.78. The third-order valence-electron chi connectivity index (χ3n) is 9.79. The number of H-pyrrole nitrogens is 1. The number of halogens is 1. The second-order valence-corrected chi connectivity index (χ2v) is 13.1. The SMILES string of the molecule is CC(O)C1(C(=O)Nc2ccc3[nH]nc(-c4ccc(F)cc4)c3c2)CCN(CC(=O)N2CCN(c3ccc(-c4ncccn4)cc3)CC2)C1.N.N=N/N=N/N=N/N. The number of hydrogen-bond donors (Lipinski definition) is 6. The van der Waals surface area contributed by atoms with Crippen molar-refractivity contribution in [1.29, 1.82) is 5.53 Å². The Morgan fingerprint density at radius 3 is 2.34 bits per heavy atom. The molecule has 0 aliphatic carbocycles. The van der Waals surface area contributed by atoms with Crippen molar-refractivity contribution in [3.05, 3.63) is 91.0 Å². The number of aliphatic hydroxyl groups is 1. The van der Waals surface area contributed by atoms with Crippen LogP contribution in [0.2, 0.25) is 0 Å². The van der Waals surface area contributed by atoms with Crippen LogP contribution in [-0.2, 0) is 9.59 Å². The number of fused-ring (bicyclic) bond motifs is 1. The number of piperazine rings is 1. The molecule has 2 aliphatic heterocycles. The lowest BCUT2D eigenvalue weighted by Crippen LogP contribution is -2.52. The third-order valence-corrected chi connectivity index (χ3v) is 9.79. The fraction of sp³-hybridized carbons (Fsp3) is 0.306. The topological polar surface area (TPSA) is 277 Å². The first-order valence-corrected chi connectivity index (χ1v) is 17.4. The van der Waals surface area contributed by atoms with Gasteiger partial charge in [-0.2, -0.15) is 10.6 Å². The molecule has 20 heteroatoms. The first-order valence-electron chi connectivity index (χ1n) is 17.4. The Labute approximate surface area is 320 Å². The van der Waals surface area contributed by atoms with Crippen LogP contribution in [0.15, 0.2) is 111 Å². The van der Waals surface area contributed by atoms with Crippen LogP contribution in [0.1, 0.15) is 13.3 Å². The molecule has 2 fully saturated rings. The van der Waals surface area contributed by atoms with Gasteiger partial charge in [0.2, 0.25) is 11.8 Å². The van der Waals surface area contributed by atoms with Gasteiger partial charge in [-0.1, -0.05) is 5.22 Å².